The van der Waals surface area contributed by atoms with Crippen LogP contribution in [0.25, 0.3) is 0 Å². The molecular formula is C15H20O3. The highest BCUT2D eigenvalue weighted by Gasteiger charge is 2.20. The minimum absolute atomic E-state index is 0.00269. The maximum Gasteiger partial charge on any atom is 0.308 e. The first-order valence-corrected chi connectivity index (χ1v) is 6.05. The van der Waals surface area contributed by atoms with Crippen molar-refractivity contribution < 1.29 is 14.3 Å². The van der Waals surface area contributed by atoms with Crippen molar-refractivity contribution in [2.75, 3.05) is 7.11 Å². The van der Waals surface area contributed by atoms with Crippen LogP contribution in [0.2, 0.25) is 0 Å². The highest BCUT2D eigenvalue weighted by molar-refractivity contribution is 6.00. The van der Waals surface area contributed by atoms with Gasteiger partial charge in [-0.05, 0) is 31.9 Å². The average molecular weight is 248 g/mol. The van der Waals surface area contributed by atoms with Crippen LogP contribution >= 0.6 is 0 Å². The zero-order valence-electron chi connectivity index (χ0n) is 11.7. The van der Waals surface area contributed by atoms with Crippen LogP contribution in [0, 0.1) is 26.7 Å². The Kier molecular flexibility index (Phi) is 4.65. The maximum atomic E-state index is 12.2. The number of benzene rings is 1. The van der Waals surface area contributed by atoms with E-state index in [9.17, 15) is 9.59 Å². The fourth-order valence-corrected chi connectivity index (χ4v) is 2.28. The Morgan fingerprint density at radius 1 is 1.17 bits per heavy atom. The molecule has 3 heteroatoms. The SMILES string of the molecule is COC(=O)C(C)CC(=O)c1c(C)cc(C)cc1C. The van der Waals surface area contributed by atoms with Gasteiger partial charge in [-0.25, -0.2) is 0 Å². The molecule has 0 aliphatic rings. The summed E-state index contributed by atoms with van der Waals surface area (Å²) in [6.45, 7) is 7.57. The fourth-order valence-electron chi connectivity index (χ4n) is 2.28. The minimum Gasteiger partial charge on any atom is -0.469 e. The van der Waals surface area contributed by atoms with E-state index in [4.69, 9.17) is 0 Å². The molecule has 0 heterocycles. The molecule has 1 rings (SSSR count). The third-order valence-electron chi connectivity index (χ3n) is 3.05. The lowest BCUT2D eigenvalue weighted by atomic mass is 9.92. The lowest BCUT2D eigenvalue weighted by Crippen LogP contribution is -2.18. The number of hydrogen-bond donors (Lipinski definition) is 0. The number of hydrogen-bond acceptors (Lipinski definition) is 3. The van der Waals surface area contributed by atoms with Crippen LogP contribution in [0.5, 0.6) is 0 Å². The topological polar surface area (TPSA) is 43.4 Å². The summed E-state index contributed by atoms with van der Waals surface area (Å²) < 4.78 is 4.64. The van der Waals surface area contributed by atoms with Crippen LogP contribution in [0.1, 0.15) is 40.4 Å². The molecule has 1 aromatic rings. The van der Waals surface area contributed by atoms with E-state index >= 15 is 0 Å². The van der Waals surface area contributed by atoms with Gasteiger partial charge in [0.05, 0.1) is 13.0 Å². The molecule has 0 aliphatic heterocycles. The molecule has 0 aromatic heterocycles. The van der Waals surface area contributed by atoms with Crippen LogP contribution in [-0.2, 0) is 9.53 Å². The van der Waals surface area contributed by atoms with Crippen molar-refractivity contribution in [1.82, 2.24) is 0 Å². The van der Waals surface area contributed by atoms with Crippen molar-refractivity contribution in [3.8, 4) is 0 Å². The molecule has 98 valence electrons. The standard InChI is InChI=1S/C15H20O3/c1-9-6-10(2)14(11(3)7-9)13(16)8-12(4)15(17)18-5/h6-7,12H,8H2,1-5H3. The van der Waals surface area contributed by atoms with Crippen LogP contribution in [0.4, 0.5) is 0 Å². The van der Waals surface area contributed by atoms with Gasteiger partial charge >= 0.3 is 5.97 Å². The normalized spacial score (nSPS) is 12.1. The molecule has 0 aliphatic carbocycles. The fraction of sp³-hybridized carbons (Fsp3) is 0.467. The molecule has 0 saturated carbocycles. The largest absolute Gasteiger partial charge is 0.469 e. The maximum absolute atomic E-state index is 12.2. The summed E-state index contributed by atoms with van der Waals surface area (Å²) in [5.74, 6) is -0.740. The first kappa shape index (κ1) is 14.4. The van der Waals surface area contributed by atoms with Gasteiger partial charge in [0.15, 0.2) is 5.78 Å². The summed E-state index contributed by atoms with van der Waals surface area (Å²) >= 11 is 0. The number of aryl methyl sites for hydroxylation is 3. The molecule has 18 heavy (non-hydrogen) atoms. The lowest BCUT2D eigenvalue weighted by Gasteiger charge is -2.12. The number of methoxy groups -OCH3 is 1. The number of ketones is 1. The van der Waals surface area contributed by atoms with Crippen LogP contribution < -0.4 is 0 Å². The third-order valence-corrected chi connectivity index (χ3v) is 3.05. The smallest absolute Gasteiger partial charge is 0.308 e. The van der Waals surface area contributed by atoms with Crippen molar-refractivity contribution >= 4 is 11.8 Å². The molecule has 1 aromatic carbocycles. The lowest BCUT2D eigenvalue weighted by molar-refractivity contribution is -0.144. The monoisotopic (exact) mass is 248 g/mol. The van der Waals surface area contributed by atoms with E-state index in [1.807, 2.05) is 32.9 Å². The Morgan fingerprint density at radius 3 is 2.11 bits per heavy atom. The molecule has 1 unspecified atom stereocenters. The number of rotatable bonds is 4. The number of carbonyl (C=O) groups is 2. The summed E-state index contributed by atoms with van der Waals surface area (Å²) in [7, 11) is 1.34. The molecule has 0 N–H and O–H groups in total. The average Bonchev–Trinajstić information content (AvgIpc) is 2.26. The van der Waals surface area contributed by atoms with Crippen molar-refractivity contribution in [2.45, 2.75) is 34.1 Å². The van der Waals surface area contributed by atoms with E-state index in [1.54, 1.807) is 6.92 Å². The van der Waals surface area contributed by atoms with Gasteiger partial charge in [-0.2, -0.15) is 0 Å². The first-order chi connectivity index (χ1) is 8.36. The number of esters is 1. The molecule has 0 saturated heterocycles. The predicted molar refractivity (Wildman–Crippen MR) is 70.8 cm³/mol. The van der Waals surface area contributed by atoms with E-state index in [2.05, 4.69) is 4.74 Å². The predicted octanol–water partition coefficient (Wildman–Crippen LogP) is 2.99. The van der Waals surface area contributed by atoms with Crippen molar-refractivity contribution in [3.05, 3.63) is 34.4 Å². The molecule has 0 spiro atoms. The van der Waals surface area contributed by atoms with Crippen LogP contribution in [0.3, 0.4) is 0 Å². The Labute approximate surface area is 108 Å². The van der Waals surface area contributed by atoms with Crippen molar-refractivity contribution in [1.29, 1.82) is 0 Å². The van der Waals surface area contributed by atoms with E-state index < -0.39 is 5.92 Å². The van der Waals surface area contributed by atoms with Gasteiger partial charge in [-0.1, -0.05) is 24.6 Å². The zero-order chi connectivity index (χ0) is 13.9. The van der Waals surface area contributed by atoms with E-state index in [1.165, 1.54) is 7.11 Å². The summed E-state index contributed by atoms with van der Waals surface area (Å²) in [6, 6.07) is 3.98. The Bertz CT molecular complexity index is 452. The second-order valence-electron chi connectivity index (χ2n) is 4.83. The van der Waals surface area contributed by atoms with Gasteiger partial charge in [-0.3, -0.25) is 9.59 Å². The number of carbonyl (C=O) groups excluding carboxylic acids is 2. The van der Waals surface area contributed by atoms with E-state index in [0.717, 1.165) is 22.3 Å². The molecule has 3 nitrogen and oxygen atoms in total. The Balaban J connectivity index is 2.95. The van der Waals surface area contributed by atoms with Crippen molar-refractivity contribution in [3.63, 3.8) is 0 Å². The molecule has 0 radical (unpaired) electrons. The van der Waals surface area contributed by atoms with Gasteiger partial charge in [0.2, 0.25) is 0 Å². The zero-order valence-corrected chi connectivity index (χ0v) is 11.7. The van der Waals surface area contributed by atoms with E-state index in [0.29, 0.717) is 0 Å². The van der Waals surface area contributed by atoms with E-state index in [-0.39, 0.29) is 18.2 Å². The highest BCUT2D eigenvalue weighted by atomic mass is 16.5. The quantitative estimate of drug-likeness (QED) is 0.607. The second-order valence-corrected chi connectivity index (χ2v) is 4.83. The third kappa shape index (κ3) is 3.19. The molecule has 0 amide bonds. The van der Waals surface area contributed by atoms with Gasteiger partial charge < -0.3 is 4.74 Å². The highest BCUT2D eigenvalue weighted by Crippen LogP contribution is 2.20. The minimum atomic E-state index is -0.400. The molecule has 0 bridgehead atoms. The summed E-state index contributed by atoms with van der Waals surface area (Å²) in [5, 5.41) is 0. The van der Waals surface area contributed by atoms with Gasteiger partial charge in [0, 0.05) is 12.0 Å². The molecular weight excluding hydrogens is 228 g/mol. The van der Waals surface area contributed by atoms with Crippen molar-refractivity contribution in [2.24, 2.45) is 5.92 Å². The molecule has 1 atom stereocenters. The summed E-state index contributed by atoms with van der Waals surface area (Å²) in [5.41, 5.74) is 3.81. The Hall–Kier alpha value is -1.64. The van der Waals surface area contributed by atoms with Gasteiger partial charge in [-0.15, -0.1) is 0 Å². The number of Topliss-reactive ketones (excluding diaryl/α,β-unsaturated/α-hetero) is 1. The summed E-state index contributed by atoms with van der Waals surface area (Å²) in [4.78, 5) is 23.5. The second kappa shape index (κ2) is 5.80. The van der Waals surface area contributed by atoms with Gasteiger partial charge in [0.1, 0.15) is 0 Å². The first-order valence-electron chi connectivity index (χ1n) is 6.05. The van der Waals surface area contributed by atoms with Crippen LogP contribution in [0.15, 0.2) is 12.1 Å². The Morgan fingerprint density at radius 2 is 1.67 bits per heavy atom. The number of ether oxygens (including phenoxy) is 1. The van der Waals surface area contributed by atoms with Crippen LogP contribution in [-0.4, -0.2) is 18.9 Å². The summed E-state index contributed by atoms with van der Waals surface area (Å²) in [6.07, 6.45) is 0.192. The van der Waals surface area contributed by atoms with Gasteiger partial charge in [0.25, 0.3) is 0 Å². The molecule has 0 fully saturated rings.